The molecule has 0 aliphatic rings. The van der Waals surface area contributed by atoms with E-state index in [1.807, 2.05) is 0 Å². The minimum atomic E-state index is -1.10. The summed E-state index contributed by atoms with van der Waals surface area (Å²) in [7, 11) is 0. The number of aliphatic carboxylic acids is 1. The molecule has 19 heavy (non-hydrogen) atoms. The predicted octanol–water partition coefficient (Wildman–Crippen LogP) is 1.79. The second-order valence-electron chi connectivity index (χ2n) is 3.82. The largest absolute Gasteiger partial charge is 0.481 e. The van der Waals surface area contributed by atoms with Crippen LogP contribution in [0, 0.1) is 10.1 Å². The van der Waals surface area contributed by atoms with E-state index in [4.69, 9.17) is 9.84 Å². The molecule has 7 nitrogen and oxygen atoms in total. The first-order valence-electron chi connectivity index (χ1n) is 5.62. The molecule has 1 rings (SSSR count). The van der Waals surface area contributed by atoms with Crippen LogP contribution in [-0.2, 0) is 16.0 Å². The molecule has 1 N–H and O–H groups in total. The Labute approximate surface area is 109 Å². The Morgan fingerprint density at radius 3 is 2.63 bits per heavy atom. The van der Waals surface area contributed by atoms with Crippen LogP contribution in [0.1, 0.15) is 29.3 Å². The summed E-state index contributed by atoms with van der Waals surface area (Å²) in [6.07, 6.45) is 0.266. The maximum Gasteiger partial charge on any atom is 0.345 e. The monoisotopic (exact) mass is 267 g/mol. The summed E-state index contributed by atoms with van der Waals surface area (Å²) in [5, 5.41) is 19.5. The van der Waals surface area contributed by atoms with Crippen molar-refractivity contribution in [2.45, 2.75) is 19.8 Å². The molecule has 0 fully saturated rings. The second kappa shape index (κ2) is 6.48. The number of carbonyl (C=O) groups is 2. The number of nitro benzene ring substituents is 1. The van der Waals surface area contributed by atoms with Crippen molar-refractivity contribution in [3.05, 3.63) is 39.4 Å². The van der Waals surface area contributed by atoms with E-state index in [2.05, 4.69) is 0 Å². The summed E-state index contributed by atoms with van der Waals surface area (Å²) in [5.74, 6) is -1.88. The Balaban J connectivity index is 3.07. The van der Waals surface area contributed by atoms with Crippen molar-refractivity contribution in [2.24, 2.45) is 0 Å². The Morgan fingerprint density at radius 2 is 2.11 bits per heavy atom. The van der Waals surface area contributed by atoms with Gasteiger partial charge in [0.1, 0.15) is 5.56 Å². The second-order valence-corrected chi connectivity index (χ2v) is 3.82. The fraction of sp³-hybridized carbons (Fsp3) is 0.333. The zero-order valence-electron chi connectivity index (χ0n) is 10.3. The Morgan fingerprint density at radius 1 is 1.42 bits per heavy atom. The van der Waals surface area contributed by atoms with Crippen molar-refractivity contribution in [3.63, 3.8) is 0 Å². The molecular weight excluding hydrogens is 254 g/mol. The van der Waals surface area contributed by atoms with Crippen molar-refractivity contribution in [1.29, 1.82) is 0 Å². The van der Waals surface area contributed by atoms with Crippen LogP contribution in [0.2, 0.25) is 0 Å². The van der Waals surface area contributed by atoms with Crippen LogP contribution in [0.25, 0.3) is 0 Å². The molecule has 0 aliphatic heterocycles. The first-order chi connectivity index (χ1) is 8.95. The summed E-state index contributed by atoms with van der Waals surface area (Å²) in [4.78, 5) is 32.3. The van der Waals surface area contributed by atoms with Crippen molar-refractivity contribution in [2.75, 3.05) is 6.61 Å². The lowest BCUT2D eigenvalue weighted by molar-refractivity contribution is -0.385. The molecule has 0 amide bonds. The van der Waals surface area contributed by atoms with Crippen LogP contribution in [-0.4, -0.2) is 28.6 Å². The first-order valence-corrected chi connectivity index (χ1v) is 5.62. The standard InChI is InChI=1S/C12H13NO6/c1-2-5-19-12(16)9-4-3-8(7-11(14)15)6-10(9)13(17)18/h3-4,6H,2,5,7H2,1H3,(H,14,15). The minimum Gasteiger partial charge on any atom is -0.481 e. The lowest BCUT2D eigenvalue weighted by Gasteiger charge is -2.05. The number of carboxylic acids is 1. The van der Waals surface area contributed by atoms with E-state index in [0.29, 0.717) is 6.42 Å². The Kier molecular flexibility index (Phi) is 4.99. The number of rotatable bonds is 6. The molecule has 1 aromatic rings. The van der Waals surface area contributed by atoms with Gasteiger partial charge in [-0.15, -0.1) is 0 Å². The van der Waals surface area contributed by atoms with Gasteiger partial charge in [-0.3, -0.25) is 14.9 Å². The summed E-state index contributed by atoms with van der Waals surface area (Å²) < 4.78 is 4.83. The smallest absolute Gasteiger partial charge is 0.345 e. The fourth-order valence-corrected chi connectivity index (χ4v) is 1.46. The number of hydrogen-bond donors (Lipinski definition) is 1. The first kappa shape index (κ1) is 14.6. The fourth-order valence-electron chi connectivity index (χ4n) is 1.46. The molecule has 0 spiro atoms. The van der Waals surface area contributed by atoms with Gasteiger partial charge in [-0.25, -0.2) is 4.79 Å². The number of benzene rings is 1. The number of ether oxygens (including phenoxy) is 1. The third kappa shape index (κ3) is 4.06. The maximum absolute atomic E-state index is 11.6. The normalized spacial score (nSPS) is 9.95. The Hall–Kier alpha value is -2.44. The molecule has 102 valence electrons. The van der Waals surface area contributed by atoms with E-state index >= 15 is 0 Å². The van der Waals surface area contributed by atoms with Crippen LogP contribution in [0.15, 0.2) is 18.2 Å². The summed E-state index contributed by atoms with van der Waals surface area (Å²) in [5.41, 5.74) is -0.362. The number of nitro groups is 1. The molecule has 0 unspecified atom stereocenters. The zero-order chi connectivity index (χ0) is 14.4. The summed E-state index contributed by atoms with van der Waals surface area (Å²) >= 11 is 0. The van der Waals surface area contributed by atoms with Gasteiger partial charge in [-0.1, -0.05) is 13.0 Å². The molecule has 1 aromatic carbocycles. The van der Waals surface area contributed by atoms with Gasteiger partial charge in [-0.2, -0.15) is 0 Å². The number of carboxylic acid groups (broad SMARTS) is 1. The van der Waals surface area contributed by atoms with Crippen LogP contribution >= 0.6 is 0 Å². The molecule has 0 bridgehead atoms. The molecule has 7 heteroatoms. The zero-order valence-corrected chi connectivity index (χ0v) is 10.3. The van der Waals surface area contributed by atoms with Crippen molar-refractivity contribution < 1.29 is 24.4 Å². The molecule has 0 heterocycles. The van der Waals surface area contributed by atoms with Gasteiger partial charge in [0.05, 0.1) is 18.0 Å². The van der Waals surface area contributed by atoms with E-state index in [-0.39, 0.29) is 24.2 Å². The van der Waals surface area contributed by atoms with Gasteiger partial charge < -0.3 is 9.84 Å². The topological polar surface area (TPSA) is 107 Å². The highest BCUT2D eigenvalue weighted by molar-refractivity contribution is 5.94. The Bertz CT molecular complexity index is 511. The molecule has 0 saturated heterocycles. The van der Waals surface area contributed by atoms with Gasteiger partial charge >= 0.3 is 11.9 Å². The van der Waals surface area contributed by atoms with Gasteiger partial charge in [-0.05, 0) is 18.1 Å². The van der Waals surface area contributed by atoms with Gasteiger partial charge in [0.15, 0.2) is 0 Å². The van der Waals surface area contributed by atoms with Gasteiger partial charge in [0.2, 0.25) is 0 Å². The predicted molar refractivity (Wildman–Crippen MR) is 65.0 cm³/mol. The van der Waals surface area contributed by atoms with Crippen LogP contribution < -0.4 is 0 Å². The van der Waals surface area contributed by atoms with E-state index in [9.17, 15) is 19.7 Å². The minimum absolute atomic E-state index is 0.173. The van der Waals surface area contributed by atoms with Crippen molar-refractivity contribution in [1.82, 2.24) is 0 Å². The van der Waals surface area contributed by atoms with Crippen molar-refractivity contribution in [3.8, 4) is 0 Å². The van der Waals surface area contributed by atoms with Crippen LogP contribution in [0.5, 0.6) is 0 Å². The number of esters is 1. The number of hydrogen-bond acceptors (Lipinski definition) is 5. The quantitative estimate of drug-likeness (QED) is 0.478. The van der Waals surface area contributed by atoms with Gasteiger partial charge in [0.25, 0.3) is 5.69 Å². The van der Waals surface area contributed by atoms with E-state index < -0.39 is 22.5 Å². The summed E-state index contributed by atoms with van der Waals surface area (Å²) in [6, 6.07) is 3.66. The lowest BCUT2D eigenvalue weighted by atomic mass is 10.1. The van der Waals surface area contributed by atoms with Crippen molar-refractivity contribution >= 4 is 17.6 Å². The average Bonchev–Trinajstić information content (AvgIpc) is 2.35. The third-order valence-electron chi connectivity index (χ3n) is 2.27. The maximum atomic E-state index is 11.6. The highest BCUT2D eigenvalue weighted by atomic mass is 16.6. The van der Waals surface area contributed by atoms with Crippen LogP contribution in [0.4, 0.5) is 5.69 Å². The van der Waals surface area contributed by atoms with E-state index in [0.717, 1.165) is 6.07 Å². The molecule has 0 radical (unpaired) electrons. The molecule has 0 aromatic heterocycles. The van der Waals surface area contributed by atoms with Crippen LogP contribution in [0.3, 0.4) is 0 Å². The SMILES string of the molecule is CCCOC(=O)c1ccc(CC(=O)O)cc1[N+](=O)[O-]. The molecular formula is C12H13NO6. The average molecular weight is 267 g/mol. The number of nitrogens with zero attached hydrogens (tertiary/aromatic N) is 1. The third-order valence-corrected chi connectivity index (χ3v) is 2.27. The molecule has 0 saturated carbocycles. The van der Waals surface area contributed by atoms with E-state index in [1.165, 1.54) is 12.1 Å². The highest BCUT2D eigenvalue weighted by Gasteiger charge is 2.22. The van der Waals surface area contributed by atoms with Gasteiger partial charge in [0, 0.05) is 6.07 Å². The lowest BCUT2D eigenvalue weighted by Crippen LogP contribution is -2.10. The number of carbonyl (C=O) groups excluding carboxylic acids is 1. The summed E-state index contributed by atoms with van der Waals surface area (Å²) in [6.45, 7) is 1.98. The highest BCUT2D eigenvalue weighted by Crippen LogP contribution is 2.21. The van der Waals surface area contributed by atoms with E-state index in [1.54, 1.807) is 6.92 Å². The molecule has 0 aliphatic carbocycles. The molecule has 0 atom stereocenters.